The van der Waals surface area contributed by atoms with Crippen molar-refractivity contribution in [1.82, 2.24) is 0 Å². The number of aryl methyl sites for hydroxylation is 1. The van der Waals surface area contributed by atoms with E-state index in [1.54, 1.807) is 36.4 Å². The Morgan fingerprint density at radius 1 is 0.964 bits per heavy atom. The van der Waals surface area contributed by atoms with Crippen LogP contribution >= 0.6 is 0 Å². The number of carbonyl (C=O) groups excluding carboxylic acids is 2. The van der Waals surface area contributed by atoms with Gasteiger partial charge >= 0.3 is 0 Å². The Morgan fingerprint density at radius 2 is 1.71 bits per heavy atom. The van der Waals surface area contributed by atoms with Gasteiger partial charge < -0.3 is 9.25 Å². The highest BCUT2D eigenvalue weighted by Crippen LogP contribution is 2.35. The average Bonchev–Trinajstić information content (AvgIpc) is 3.24. The SMILES string of the molecule is Cc1ccc(N2C(=O)C3ON=C(c4coc5ccccc5c4=O)C3C2=O)cc1. The minimum absolute atomic E-state index is 0.123. The summed E-state index contributed by atoms with van der Waals surface area (Å²) in [6.07, 6.45) is 0.191. The van der Waals surface area contributed by atoms with Gasteiger partial charge in [0.05, 0.1) is 16.6 Å². The van der Waals surface area contributed by atoms with Gasteiger partial charge in [0.25, 0.3) is 5.91 Å². The first kappa shape index (κ1) is 16.4. The fourth-order valence-corrected chi connectivity index (χ4v) is 3.60. The van der Waals surface area contributed by atoms with Gasteiger partial charge in [-0.25, -0.2) is 4.90 Å². The van der Waals surface area contributed by atoms with Crippen molar-refractivity contribution < 1.29 is 18.8 Å². The van der Waals surface area contributed by atoms with Crippen LogP contribution in [0, 0.1) is 12.8 Å². The summed E-state index contributed by atoms with van der Waals surface area (Å²) in [6.45, 7) is 1.92. The van der Waals surface area contributed by atoms with Crippen molar-refractivity contribution in [2.45, 2.75) is 13.0 Å². The van der Waals surface area contributed by atoms with Gasteiger partial charge in [-0.2, -0.15) is 0 Å². The third kappa shape index (κ3) is 2.22. The molecule has 7 nitrogen and oxygen atoms in total. The van der Waals surface area contributed by atoms with Gasteiger partial charge in [-0.05, 0) is 31.2 Å². The first-order valence-corrected chi connectivity index (χ1v) is 8.75. The maximum absolute atomic E-state index is 13.1. The molecule has 0 N–H and O–H groups in total. The summed E-state index contributed by atoms with van der Waals surface area (Å²) < 4.78 is 5.53. The molecule has 2 atom stereocenters. The van der Waals surface area contributed by atoms with E-state index in [0.29, 0.717) is 16.7 Å². The molecule has 0 aliphatic carbocycles. The number of oxime groups is 1. The van der Waals surface area contributed by atoms with Crippen molar-refractivity contribution >= 4 is 34.2 Å². The lowest BCUT2D eigenvalue weighted by Gasteiger charge is -2.15. The highest BCUT2D eigenvalue weighted by atomic mass is 16.6. The van der Waals surface area contributed by atoms with Crippen molar-refractivity contribution in [1.29, 1.82) is 0 Å². The molecule has 2 aliphatic heterocycles. The molecule has 2 aliphatic rings. The summed E-state index contributed by atoms with van der Waals surface area (Å²) in [7, 11) is 0. The van der Waals surface area contributed by atoms with Crippen molar-refractivity contribution in [3.63, 3.8) is 0 Å². The molecule has 1 fully saturated rings. The molecule has 7 heteroatoms. The smallest absolute Gasteiger partial charge is 0.278 e. The van der Waals surface area contributed by atoms with E-state index in [2.05, 4.69) is 5.16 Å². The molecule has 3 aromatic rings. The van der Waals surface area contributed by atoms with Crippen LogP contribution in [0.5, 0.6) is 0 Å². The number of rotatable bonds is 2. The van der Waals surface area contributed by atoms with Crippen LogP contribution in [0.4, 0.5) is 5.69 Å². The minimum atomic E-state index is -1.07. The monoisotopic (exact) mass is 374 g/mol. The third-order valence-corrected chi connectivity index (χ3v) is 5.06. The number of fused-ring (bicyclic) bond motifs is 2. The Hall–Kier alpha value is -3.74. The van der Waals surface area contributed by atoms with Gasteiger partial charge in [-0.1, -0.05) is 35.0 Å². The van der Waals surface area contributed by atoms with Gasteiger partial charge in [0.2, 0.25) is 17.4 Å². The second-order valence-electron chi connectivity index (χ2n) is 6.80. The standard InChI is InChI=1S/C21H14N2O5/c1-11-6-8-12(9-7-11)23-20(25)16-17(22-28-19(16)21(23)26)14-10-27-15-5-3-2-4-13(15)18(14)24/h2-10,16,19H,1H3. The van der Waals surface area contributed by atoms with Crippen LogP contribution in [-0.2, 0) is 14.4 Å². The van der Waals surface area contributed by atoms with Crippen LogP contribution in [0.3, 0.4) is 0 Å². The molecule has 28 heavy (non-hydrogen) atoms. The lowest BCUT2D eigenvalue weighted by atomic mass is 9.94. The first-order valence-electron chi connectivity index (χ1n) is 8.75. The van der Waals surface area contributed by atoms with Gasteiger partial charge in [0.1, 0.15) is 23.5 Å². The zero-order valence-electron chi connectivity index (χ0n) is 14.8. The Kier molecular flexibility index (Phi) is 3.45. The van der Waals surface area contributed by atoms with Crippen molar-refractivity contribution in [3.05, 3.63) is 76.1 Å². The lowest BCUT2D eigenvalue weighted by molar-refractivity contribution is -0.126. The van der Waals surface area contributed by atoms with Gasteiger partial charge in [-0.3, -0.25) is 14.4 Å². The van der Waals surface area contributed by atoms with E-state index in [9.17, 15) is 14.4 Å². The highest BCUT2D eigenvalue weighted by Gasteiger charge is 2.56. The summed E-state index contributed by atoms with van der Waals surface area (Å²) in [5.41, 5.74) is 1.83. The second kappa shape index (κ2) is 5.88. The average molecular weight is 374 g/mol. The molecule has 1 saturated heterocycles. The van der Waals surface area contributed by atoms with Crippen LogP contribution < -0.4 is 10.3 Å². The number of nitrogens with zero attached hydrogens (tertiary/aromatic N) is 2. The summed E-state index contributed by atoms with van der Waals surface area (Å²) in [6, 6.07) is 13.8. The summed E-state index contributed by atoms with van der Waals surface area (Å²) in [4.78, 5) is 45.0. The van der Waals surface area contributed by atoms with Crippen molar-refractivity contribution in [2.24, 2.45) is 11.1 Å². The third-order valence-electron chi connectivity index (χ3n) is 5.06. The Morgan fingerprint density at radius 3 is 2.50 bits per heavy atom. The normalized spacial score (nSPS) is 21.0. The van der Waals surface area contributed by atoms with Gasteiger partial charge in [0.15, 0.2) is 0 Å². The van der Waals surface area contributed by atoms with E-state index in [4.69, 9.17) is 9.25 Å². The molecular formula is C21H14N2O5. The first-order chi connectivity index (χ1) is 13.6. The summed E-state index contributed by atoms with van der Waals surface area (Å²) in [5, 5.41) is 4.26. The van der Waals surface area contributed by atoms with Crippen molar-refractivity contribution in [3.8, 4) is 0 Å². The maximum Gasteiger partial charge on any atom is 0.278 e. The van der Waals surface area contributed by atoms with Gasteiger partial charge in [0, 0.05) is 0 Å². The summed E-state index contributed by atoms with van der Waals surface area (Å²) >= 11 is 0. The number of imide groups is 1. The number of hydrogen-bond donors (Lipinski definition) is 0. The molecule has 0 saturated carbocycles. The number of carbonyl (C=O) groups is 2. The predicted molar refractivity (Wildman–Crippen MR) is 101 cm³/mol. The molecule has 0 spiro atoms. The van der Waals surface area contributed by atoms with Crippen LogP contribution in [0.1, 0.15) is 11.1 Å². The molecule has 5 rings (SSSR count). The zero-order chi connectivity index (χ0) is 19.4. The van der Waals surface area contributed by atoms with Crippen LogP contribution in [0.2, 0.25) is 0 Å². The zero-order valence-corrected chi connectivity index (χ0v) is 14.8. The molecule has 1 aromatic heterocycles. The lowest BCUT2D eigenvalue weighted by Crippen LogP contribution is -2.33. The van der Waals surface area contributed by atoms with Crippen molar-refractivity contribution in [2.75, 3.05) is 4.90 Å². The number of amides is 2. The van der Waals surface area contributed by atoms with Crippen LogP contribution in [0.15, 0.2) is 69.2 Å². The molecule has 2 unspecified atom stereocenters. The number of hydrogen-bond acceptors (Lipinski definition) is 6. The maximum atomic E-state index is 13.1. The Bertz CT molecular complexity index is 1230. The van der Waals surface area contributed by atoms with E-state index in [1.165, 1.54) is 6.26 Å². The largest absolute Gasteiger partial charge is 0.463 e. The molecule has 3 heterocycles. The highest BCUT2D eigenvalue weighted by molar-refractivity contribution is 6.32. The molecule has 2 aromatic carbocycles. The minimum Gasteiger partial charge on any atom is -0.463 e. The molecule has 0 bridgehead atoms. The second-order valence-corrected chi connectivity index (χ2v) is 6.80. The molecule has 138 valence electrons. The van der Waals surface area contributed by atoms with Gasteiger partial charge in [-0.15, -0.1) is 0 Å². The van der Waals surface area contributed by atoms with E-state index in [1.807, 2.05) is 19.1 Å². The van der Waals surface area contributed by atoms with Crippen LogP contribution in [0.25, 0.3) is 11.0 Å². The fraction of sp³-hybridized carbons (Fsp3) is 0.143. The molecule has 0 radical (unpaired) electrons. The molecular weight excluding hydrogens is 360 g/mol. The number of benzene rings is 2. The number of para-hydroxylation sites is 1. The fourth-order valence-electron chi connectivity index (χ4n) is 3.60. The Labute approximate surface area is 158 Å². The van der Waals surface area contributed by atoms with E-state index in [-0.39, 0.29) is 16.7 Å². The van der Waals surface area contributed by atoms with Crippen LogP contribution in [-0.4, -0.2) is 23.6 Å². The topological polar surface area (TPSA) is 89.2 Å². The quantitative estimate of drug-likeness (QED) is 0.643. The molecule has 2 amide bonds. The predicted octanol–water partition coefficient (Wildman–Crippen LogP) is 2.39. The number of anilines is 1. The van der Waals surface area contributed by atoms with E-state index < -0.39 is 23.8 Å². The summed E-state index contributed by atoms with van der Waals surface area (Å²) in [5.74, 6) is -1.94. The Balaban J connectivity index is 1.57. The van der Waals surface area contributed by atoms with E-state index in [0.717, 1.165) is 10.5 Å². The van der Waals surface area contributed by atoms with E-state index >= 15 is 0 Å².